The van der Waals surface area contributed by atoms with E-state index < -0.39 is 41.8 Å². The molecule has 0 aromatic heterocycles. The highest BCUT2D eigenvalue weighted by Crippen LogP contribution is 2.51. The van der Waals surface area contributed by atoms with Crippen molar-refractivity contribution in [3.8, 4) is 22.3 Å². The van der Waals surface area contributed by atoms with Gasteiger partial charge in [0.25, 0.3) is 0 Å². The minimum atomic E-state index is -1.56. The van der Waals surface area contributed by atoms with Crippen LogP contribution in [0.3, 0.4) is 0 Å². The highest BCUT2D eigenvalue weighted by molar-refractivity contribution is 6.92. The molecule has 6 rings (SSSR count). The van der Waals surface area contributed by atoms with Gasteiger partial charge in [-0.05, 0) is 78.3 Å². The van der Waals surface area contributed by atoms with Gasteiger partial charge in [0.2, 0.25) is 0 Å². The van der Waals surface area contributed by atoms with E-state index in [1.165, 1.54) is 56.6 Å². The highest BCUT2D eigenvalue weighted by Gasteiger charge is 2.36. The third-order valence-electron chi connectivity index (χ3n) is 14.6. The van der Waals surface area contributed by atoms with E-state index in [4.69, 9.17) is 0 Å². The van der Waals surface area contributed by atoms with Crippen LogP contribution in [0.5, 0.6) is 0 Å². The molecule has 5 heteroatoms. The lowest BCUT2D eigenvalue weighted by molar-refractivity contribution is 0.591. The Labute approximate surface area is 394 Å². The van der Waals surface area contributed by atoms with Crippen LogP contribution in [0.25, 0.3) is 34.4 Å². The molecule has 2 unspecified atom stereocenters. The van der Waals surface area contributed by atoms with Crippen LogP contribution in [-0.4, -0.2) is 41.8 Å². The zero-order chi connectivity index (χ0) is 47.2. The lowest BCUT2D eigenvalue weighted by Crippen LogP contribution is -2.45. The molecule has 0 N–H and O–H groups in total. The average Bonchev–Trinajstić information content (AvgIpc) is 3.70. The fourth-order valence-corrected chi connectivity index (χ4v) is 17.9. The first-order valence-corrected chi connectivity index (χ1v) is 40.8. The van der Waals surface area contributed by atoms with Crippen LogP contribution in [0, 0.1) is 11.8 Å². The lowest BCUT2D eigenvalue weighted by Gasteiger charge is -2.29. The van der Waals surface area contributed by atoms with Crippen molar-refractivity contribution in [2.45, 2.75) is 183 Å². The molecule has 340 valence electrons. The van der Waals surface area contributed by atoms with Crippen LogP contribution >= 0.6 is 0 Å². The molecule has 0 spiro atoms. The molecule has 0 heterocycles. The molecular formula is C58H88Si5. The molecule has 0 saturated carbocycles. The van der Waals surface area contributed by atoms with Gasteiger partial charge < -0.3 is 0 Å². The Balaban J connectivity index is 1.45. The quantitative estimate of drug-likeness (QED) is 0.124. The van der Waals surface area contributed by atoms with Gasteiger partial charge in [-0.3, -0.25) is 0 Å². The van der Waals surface area contributed by atoms with Gasteiger partial charge >= 0.3 is 0 Å². The number of fused-ring (bicyclic) bond motifs is 2. The molecule has 0 saturated heterocycles. The summed E-state index contributed by atoms with van der Waals surface area (Å²) in [6.07, 6.45) is 5.37. The summed E-state index contributed by atoms with van der Waals surface area (Å²) in [7, 11) is -6.67. The number of hydrogen-bond acceptors (Lipinski definition) is 0. The van der Waals surface area contributed by atoms with Crippen molar-refractivity contribution in [3.63, 3.8) is 0 Å². The number of allylic oxidation sites excluding steroid dienone is 2. The second-order valence-electron chi connectivity index (χ2n) is 26.7. The molecule has 63 heavy (non-hydrogen) atoms. The Kier molecular flexibility index (Phi) is 13.7. The maximum absolute atomic E-state index is 2.69. The first-order valence-electron chi connectivity index (χ1n) is 24.8. The highest BCUT2D eigenvalue weighted by atomic mass is 28.3. The summed E-state index contributed by atoms with van der Waals surface area (Å²) in [5.41, 5.74) is 18.7. The molecule has 0 amide bonds. The number of hydrogen-bond donors (Lipinski definition) is 0. The molecule has 0 fully saturated rings. The first-order chi connectivity index (χ1) is 28.7. The van der Waals surface area contributed by atoms with E-state index in [0.29, 0.717) is 23.7 Å². The molecule has 0 aliphatic heterocycles. The van der Waals surface area contributed by atoms with Crippen molar-refractivity contribution >= 4 is 74.7 Å². The van der Waals surface area contributed by atoms with Crippen molar-refractivity contribution in [3.05, 3.63) is 105 Å². The molecule has 0 bridgehead atoms. The van der Waals surface area contributed by atoms with E-state index in [1.807, 2.05) is 0 Å². The van der Waals surface area contributed by atoms with Gasteiger partial charge in [-0.25, -0.2) is 0 Å². The predicted octanol–water partition coefficient (Wildman–Crippen LogP) is 14.8. The second-order valence-corrected chi connectivity index (χ2v) is 48.9. The first kappa shape index (κ1) is 49.9. The fourth-order valence-electron chi connectivity index (χ4n) is 10.5. The standard InChI is InChI=1S/C58H88Si5/c1-37(2)47-33-49-45(23-25-53(57(5,6)7)55(49)39-27-41(60(11,12)13)31-42(28-39)61(14,15)16)51(47)35-59-36-52-46-24-26-54(58(8,9)10)56(50(46)34-48(52)38(3)4)40-29-43(62(17,18)19)32-44(30-40)63(20,21)22/h23-34,37-38,51-52H,35-36,59H2,1-22H3. The fraction of sp³-hybridized carbons (Fsp3) is 0.517. The molecule has 2 aliphatic carbocycles. The Bertz CT molecular complexity index is 2200. The Morgan fingerprint density at radius 1 is 0.444 bits per heavy atom. The van der Waals surface area contributed by atoms with Crippen LogP contribution in [0.15, 0.2) is 71.8 Å². The topological polar surface area (TPSA) is 0 Å². The van der Waals surface area contributed by atoms with Gasteiger partial charge in [0.15, 0.2) is 0 Å². The summed E-state index contributed by atoms with van der Waals surface area (Å²) < 4.78 is 0. The minimum Gasteiger partial charge on any atom is -0.0656 e. The van der Waals surface area contributed by atoms with Crippen LogP contribution < -0.4 is 20.7 Å². The molecule has 4 aromatic carbocycles. The van der Waals surface area contributed by atoms with E-state index in [9.17, 15) is 0 Å². The largest absolute Gasteiger partial charge is 0.0776 e. The van der Waals surface area contributed by atoms with E-state index in [2.05, 4.69) is 221 Å². The SMILES string of the molecule is CC(C)C1=Cc2c(ccc(C(C)(C)C)c2-c2cc([Si](C)(C)C)cc([Si](C)(C)C)c2)C1C[SiH2]CC1C(C(C)C)=Cc2c1ccc(C(C)(C)C)c2-c1cc([Si](C)(C)C)cc([Si](C)(C)C)c1. The van der Waals surface area contributed by atoms with Crippen molar-refractivity contribution in [2.75, 3.05) is 0 Å². The average molecular weight is 926 g/mol. The monoisotopic (exact) mass is 925 g/mol. The predicted molar refractivity (Wildman–Crippen MR) is 302 cm³/mol. The van der Waals surface area contributed by atoms with Crippen LogP contribution in [0.2, 0.25) is 90.7 Å². The lowest BCUT2D eigenvalue weighted by atomic mass is 9.78. The second kappa shape index (κ2) is 17.3. The summed E-state index contributed by atoms with van der Waals surface area (Å²) in [6.45, 7) is 54.7. The minimum absolute atomic E-state index is 0.0466. The van der Waals surface area contributed by atoms with E-state index in [-0.39, 0.29) is 10.8 Å². The maximum Gasteiger partial charge on any atom is 0.0776 e. The molecule has 2 atom stereocenters. The smallest absolute Gasteiger partial charge is 0.0656 e. The number of rotatable bonds is 12. The molecular weight excluding hydrogens is 837 g/mol. The molecule has 4 aromatic rings. The van der Waals surface area contributed by atoms with Gasteiger partial charge in [0.05, 0.1) is 32.3 Å². The van der Waals surface area contributed by atoms with Crippen LogP contribution in [-0.2, 0) is 10.8 Å². The Hall–Kier alpha value is -2.56. The van der Waals surface area contributed by atoms with E-state index >= 15 is 0 Å². The van der Waals surface area contributed by atoms with Crippen molar-refractivity contribution in [1.29, 1.82) is 0 Å². The molecule has 0 nitrogen and oxygen atoms in total. The van der Waals surface area contributed by atoms with Crippen LogP contribution in [0.4, 0.5) is 0 Å². The van der Waals surface area contributed by atoms with Crippen molar-refractivity contribution < 1.29 is 0 Å². The van der Waals surface area contributed by atoms with Crippen molar-refractivity contribution in [2.24, 2.45) is 11.8 Å². The summed E-state index contributed by atoms with van der Waals surface area (Å²) in [5, 5.41) is 6.42. The summed E-state index contributed by atoms with van der Waals surface area (Å²) >= 11 is 0. The number of benzene rings is 4. The van der Waals surface area contributed by atoms with Gasteiger partial charge in [-0.1, -0.05) is 265 Å². The summed E-state index contributed by atoms with van der Waals surface area (Å²) in [4.78, 5) is 0. The normalized spacial score (nSPS) is 17.6. The Morgan fingerprint density at radius 2 is 0.730 bits per heavy atom. The van der Waals surface area contributed by atoms with E-state index in [1.54, 1.807) is 43.0 Å². The van der Waals surface area contributed by atoms with Gasteiger partial charge in [0.1, 0.15) is 0 Å². The van der Waals surface area contributed by atoms with Crippen molar-refractivity contribution in [1.82, 2.24) is 0 Å². The molecule has 2 aliphatic rings. The molecule has 0 radical (unpaired) electrons. The van der Waals surface area contributed by atoms with Gasteiger partial charge in [-0.15, -0.1) is 0 Å². The maximum atomic E-state index is 2.69. The van der Waals surface area contributed by atoms with Crippen LogP contribution in [0.1, 0.15) is 114 Å². The van der Waals surface area contributed by atoms with Gasteiger partial charge in [0, 0.05) is 21.4 Å². The summed E-state index contributed by atoms with van der Waals surface area (Å²) in [5.74, 6) is 2.09. The third kappa shape index (κ3) is 10.4. The summed E-state index contributed by atoms with van der Waals surface area (Å²) in [6, 6.07) is 28.6. The zero-order valence-corrected chi connectivity index (χ0v) is 49.8. The van der Waals surface area contributed by atoms with Gasteiger partial charge in [-0.2, -0.15) is 0 Å². The Morgan fingerprint density at radius 3 is 0.968 bits per heavy atom. The van der Waals surface area contributed by atoms with E-state index in [0.717, 1.165) is 0 Å². The third-order valence-corrected chi connectivity index (χ3v) is 24.6. The zero-order valence-electron chi connectivity index (χ0n) is 44.4.